The van der Waals surface area contributed by atoms with Crippen LogP contribution in [-0.4, -0.2) is 19.7 Å². The molecule has 2 N–H and O–H groups in total. The summed E-state index contributed by atoms with van der Waals surface area (Å²) in [5.74, 6) is 1.62. The first-order valence-corrected chi connectivity index (χ1v) is 9.24. The Hall–Kier alpha value is -2.16. The lowest BCUT2D eigenvalue weighted by Crippen LogP contribution is -2.15. The van der Waals surface area contributed by atoms with Crippen molar-refractivity contribution < 1.29 is 4.74 Å². The van der Waals surface area contributed by atoms with Gasteiger partial charge in [0.1, 0.15) is 5.75 Å². The zero-order valence-electron chi connectivity index (χ0n) is 16.3. The zero-order chi connectivity index (χ0) is 18.2. The highest BCUT2D eigenvalue weighted by Gasteiger charge is 2.03. The standard InChI is InChI=1S/C22H32N2O/c1-16(2)10-13-25-21-8-6-20(7-9-21)23-11-12-24-22-18(4)14-17(3)15-19(22)5/h6-9,14-16,23-24H,10-13H2,1-5H3. The van der Waals surface area contributed by atoms with Gasteiger partial charge in [0, 0.05) is 24.5 Å². The van der Waals surface area contributed by atoms with Crippen LogP contribution in [0.25, 0.3) is 0 Å². The fourth-order valence-electron chi connectivity index (χ4n) is 2.93. The highest BCUT2D eigenvalue weighted by Crippen LogP contribution is 2.21. The molecule has 0 aromatic heterocycles. The zero-order valence-corrected chi connectivity index (χ0v) is 16.3. The molecule has 0 aliphatic carbocycles. The number of hydrogen-bond acceptors (Lipinski definition) is 3. The second-order valence-electron chi connectivity index (χ2n) is 7.18. The van der Waals surface area contributed by atoms with Crippen LogP contribution in [0, 0.1) is 26.7 Å². The van der Waals surface area contributed by atoms with Gasteiger partial charge in [-0.2, -0.15) is 0 Å². The number of benzene rings is 2. The third-order valence-corrected chi connectivity index (χ3v) is 4.25. The van der Waals surface area contributed by atoms with Crippen LogP contribution in [0.4, 0.5) is 11.4 Å². The van der Waals surface area contributed by atoms with Crippen molar-refractivity contribution in [3.05, 3.63) is 53.1 Å². The number of anilines is 2. The fourth-order valence-corrected chi connectivity index (χ4v) is 2.93. The van der Waals surface area contributed by atoms with E-state index in [9.17, 15) is 0 Å². The summed E-state index contributed by atoms with van der Waals surface area (Å²) in [6, 6.07) is 12.7. The predicted octanol–water partition coefficient (Wildman–Crippen LogP) is 5.56. The van der Waals surface area contributed by atoms with Gasteiger partial charge in [-0.1, -0.05) is 31.5 Å². The molecule has 0 saturated carbocycles. The number of ether oxygens (including phenoxy) is 1. The van der Waals surface area contributed by atoms with Crippen molar-refractivity contribution in [2.75, 3.05) is 30.3 Å². The summed E-state index contributed by atoms with van der Waals surface area (Å²) in [5, 5.41) is 6.99. The third-order valence-electron chi connectivity index (χ3n) is 4.25. The summed E-state index contributed by atoms with van der Waals surface area (Å²) >= 11 is 0. The maximum Gasteiger partial charge on any atom is 0.119 e. The molecule has 0 radical (unpaired) electrons. The van der Waals surface area contributed by atoms with Crippen molar-refractivity contribution in [1.29, 1.82) is 0 Å². The molecule has 0 amide bonds. The highest BCUT2D eigenvalue weighted by atomic mass is 16.5. The summed E-state index contributed by atoms with van der Waals surface area (Å²) in [7, 11) is 0. The highest BCUT2D eigenvalue weighted by molar-refractivity contribution is 5.58. The Morgan fingerprint density at radius 3 is 2.08 bits per heavy atom. The molecule has 0 spiro atoms. The second kappa shape index (κ2) is 9.36. The number of nitrogens with one attached hydrogen (secondary N) is 2. The first kappa shape index (κ1) is 19.2. The van der Waals surface area contributed by atoms with Gasteiger partial charge < -0.3 is 15.4 Å². The molecule has 0 heterocycles. The van der Waals surface area contributed by atoms with Crippen LogP contribution in [0.1, 0.15) is 37.0 Å². The monoisotopic (exact) mass is 340 g/mol. The van der Waals surface area contributed by atoms with E-state index in [1.807, 2.05) is 12.1 Å². The van der Waals surface area contributed by atoms with Crippen LogP contribution in [0.15, 0.2) is 36.4 Å². The van der Waals surface area contributed by atoms with E-state index >= 15 is 0 Å². The predicted molar refractivity (Wildman–Crippen MR) is 109 cm³/mol. The molecule has 2 aromatic rings. The molecule has 0 aliphatic heterocycles. The first-order valence-electron chi connectivity index (χ1n) is 9.24. The minimum atomic E-state index is 0.675. The molecule has 0 aliphatic rings. The van der Waals surface area contributed by atoms with E-state index in [0.717, 1.165) is 37.6 Å². The van der Waals surface area contributed by atoms with E-state index < -0.39 is 0 Å². The van der Waals surface area contributed by atoms with Crippen LogP contribution in [-0.2, 0) is 0 Å². The minimum Gasteiger partial charge on any atom is -0.494 e. The van der Waals surface area contributed by atoms with E-state index in [1.165, 1.54) is 22.4 Å². The van der Waals surface area contributed by atoms with E-state index in [4.69, 9.17) is 4.74 Å². The Bertz CT molecular complexity index is 639. The van der Waals surface area contributed by atoms with E-state index in [1.54, 1.807) is 0 Å². The molecular formula is C22H32N2O. The summed E-state index contributed by atoms with van der Waals surface area (Å²) in [6.45, 7) is 13.4. The fraction of sp³-hybridized carbons (Fsp3) is 0.455. The third kappa shape index (κ3) is 6.33. The molecule has 0 saturated heterocycles. The van der Waals surface area contributed by atoms with Crippen molar-refractivity contribution in [2.24, 2.45) is 5.92 Å². The Balaban J connectivity index is 1.75. The van der Waals surface area contributed by atoms with Crippen LogP contribution < -0.4 is 15.4 Å². The average Bonchev–Trinajstić information content (AvgIpc) is 2.54. The normalized spacial score (nSPS) is 10.8. The SMILES string of the molecule is Cc1cc(C)c(NCCNc2ccc(OCCC(C)C)cc2)c(C)c1. The quantitative estimate of drug-likeness (QED) is 0.586. The van der Waals surface area contributed by atoms with Crippen molar-refractivity contribution in [3.63, 3.8) is 0 Å². The van der Waals surface area contributed by atoms with E-state index in [-0.39, 0.29) is 0 Å². The van der Waals surface area contributed by atoms with Gasteiger partial charge in [0.15, 0.2) is 0 Å². The average molecular weight is 341 g/mol. The van der Waals surface area contributed by atoms with Crippen LogP contribution in [0.3, 0.4) is 0 Å². The van der Waals surface area contributed by atoms with Crippen LogP contribution in [0.2, 0.25) is 0 Å². The summed E-state index contributed by atoms with van der Waals surface area (Å²) in [4.78, 5) is 0. The van der Waals surface area contributed by atoms with Crippen LogP contribution >= 0.6 is 0 Å². The molecule has 25 heavy (non-hydrogen) atoms. The molecular weight excluding hydrogens is 308 g/mol. The van der Waals surface area contributed by atoms with Gasteiger partial charge >= 0.3 is 0 Å². The van der Waals surface area contributed by atoms with Gasteiger partial charge in [0.05, 0.1) is 6.61 Å². The molecule has 0 atom stereocenters. The molecule has 0 bridgehead atoms. The van der Waals surface area contributed by atoms with Gasteiger partial charge in [0.2, 0.25) is 0 Å². The first-order chi connectivity index (χ1) is 12.0. The molecule has 136 valence electrons. The number of rotatable bonds is 9. The Labute approximate surface area is 152 Å². The number of hydrogen-bond donors (Lipinski definition) is 2. The maximum absolute atomic E-state index is 5.75. The molecule has 3 nitrogen and oxygen atoms in total. The van der Waals surface area contributed by atoms with Crippen molar-refractivity contribution in [2.45, 2.75) is 41.0 Å². The smallest absolute Gasteiger partial charge is 0.119 e. The Morgan fingerprint density at radius 2 is 1.48 bits per heavy atom. The van der Waals surface area contributed by atoms with E-state index in [0.29, 0.717) is 5.92 Å². The lowest BCUT2D eigenvalue weighted by Gasteiger charge is -2.15. The second-order valence-corrected chi connectivity index (χ2v) is 7.18. The lowest BCUT2D eigenvalue weighted by atomic mass is 10.1. The van der Waals surface area contributed by atoms with Gasteiger partial charge in [0.25, 0.3) is 0 Å². The molecule has 0 fully saturated rings. The van der Waals surface area contributed by atoms with Gasteiger partial charge in [-0.15, -0.1) is 0 Å². The van der Waals surface area contributed by atoms with Crippen molar-refractivity contribution in [3.8, 4) is 5.75 Å². The summed E-state index contributed by atoms with van der Waals surface area (Å²) < 4.78 is 5.75. The molecule has 3 heteroatoms. The maximum atomic E-state index is 5.75. The minimum absolute atomic E-state index is 0.675. The Kier molecular flexibility index (Phi) is 7.17. The largest absolute Gasteiger partial charge is 0.494 e. The topological polar surface area (TPSA) is 33.3 Å². The summed E-state index contributed by atoms with van der Waals surface area (Å²) in [5.41, 5.74) is 6.30. The molecule has 2 aromatic carbocycles. The number of aryl methyl sites for hydroxylation is 3. The molecule has 0 unspecified atom stereocenters. The Morgan fingerprint density at radius 1 is 0.880 bits per heavy atom. The van der Waals surface area contributed by atoms with Gasteiger partial charge in [-0.3, -0.25) is 0 Å². The summed E-state index contributed by atoms with van der Waals surface area (Å²) in [6.07, 6.45) is 1.09. The van der Waals surface area contributed by atoms with Gasteiger partial charge in [-0.05, 0) is 68.5 Å². The van der Waals surface area contributed by atoms with E-state index in [2.05, 4.69) is 69.5 Å². The molecule has 2 rings (SSSR count). The van der Waals surface area contributed by atoms with Crippen molar-refractivity contribution in [1.82, 2.24) is 0 Å². The lowest BCUT2D eigenvalue weighted by molar-refractivity contribution is 0.289. The van der Waals surface area contributed by atoms with Gasteiger partial charge in [-0.25, -0.2) is 0 Å². The van der Waals surface area contributed by atoms with Crippen LogP contribution in [0.5, 0.6) is 5.75 Å². The van der Waals surface area contributed by atoms with Crippen molar-refractivity contribution >= 4 is 11.4 Å².